The normalized spacial score (nSPS) is 20.2. The molecule has 0 aromatic carbocycles. The van der Waals surface area contributed by atoms with Crippen LogP contribution in [0.5, 0.6) is 0 Å². The Morgan fingerprint density at radius 1 is 1.20 bits per heavy atom. The van der Waals surface area contributed by atoms with Gasteiger partial charge in [-0.15, -0.1) is 11.3 Å². The van der Waals surface area contributed by atoms with E-state index in [4.69, 9.17) is 0 Å². The first kappa shape index (κ1) is 19.7. The maximum atomic E-state index is 14.9. The molecule has 2 fully saturated rings. The molecule has 0 spiro atoms. The molecule has 1 saturated carbocycles. The average molecular weight is 426 g/mol. The molecule has 7 heteroatoms. The zero-order valence-corrected chi connectivity index (χ0v) is 18.4. The monoisotopic (exact) mass is 425 g/mol. The minimum absolute atomic E-state index is 0.225. The molecule has 158 valence electrons. The van der Waals surface area contributed by atoms with E-state index >= 15 is 0 Å². The molecule has 1 aliphatic heterocycles. The highest BCUT2D eigenvalue weighted by Gasteiger charge is 2.23. The molecule has 2 N–H and O–H groups in total. The van der Waals surface area contributed by atoms with Crippen molar-refractivity contribution < 1.29 is 4.39 Å². The number of hydrogen-bond donors (Lipinski definition) is 2. The fraction of sp³-hybridized carbons (Fsp3) is 0.478. The molecule has 5 nitrogen and oxygen atoms in total. The van der Waals surface area contributed by atoms with E-state index in [0.29, 0.717) is 17.8 Å². The Morgan fingerprint density at radius 3 is 2.80 bits per heavy atom. The van der Waals surface area contributed by atoms with E-state index in [1.807, 2.05) is 17.5 Å². The molecular formula is C23H28FN5S. The molecule has 5 rings (SSSR count). The molecule has 3 aromatic rings. The number of nitrogens with one attached hydrogen (secondary N) is 2. The van der Waals surface area contributed by atoms with Crippen molar-refractivity contribution in [2.75, 3.05) is 29.9 Å². The van der Waals surface area contributed by atoms with Gasteiger partial charge in [0.25, 0.3) is 0 Å². The van der Waals surface area contributed by atoms with Crippen LogP contribution in [0, 0.1) is 12.7 Å². The molecule has 0 amide bonds. The number of rotatable bonds is 4. The Labute approximate surface area is 180 Å². The lowest BCUT2D eigenvalue weighted by molar-refractivity contribution is 0.499. The number of piperazine rings is 1. The number of pyridine rings is 2. The Balaban J connectivity index is 1.42. The number of nitrogens with zero attached hydrogens (tertiary/aromatic N) is 3. The maximum absolute atomic E-state index is 14.9. The lowest BCUT2D eigenvalue weighted by Gasteiger charge is -2.35. The molecule has 4 heterocycles. The first-order chi connectivity index (χ1) is 14.6. The van der Waals surface area contributed by atoms with Crippen LogP contribution in [-0.4, -0.2) is 35.6 Å². The van der Waals surface area contributed by atoms with Crippen molar-refractivity contribution in [3.63, 3.8) is 0 Å². The van der Waals surface area contributed by atoms with Crippen LogP contribution >= 0.6 is 11.3 Å². The van der Waals surface area contributed by atoms with Gasteiger partial charge < -0.3 is 15.5 Å². The van der Waals surface area contributed by atoms with Crippen LogP contribution in [0.2, 0.25) is 0 Å². The molecule has 30 heavy (non-hydrogen) atoms. The summed E-state index contributed by atoms with van der Waals surface area (Å²) in [7, 11) is 0. The minimum atomic E-state index is -0.349. The minimum Gasteiger partial charge on any atom is -0.365 e. The fourth-order valence-corrected chi connectivity index (χ4v) is 6.06. The van der Waals surface area contributed by atoms with Gasteiger partial charge in [-0.05, 0) is 44.2 Å². The lowest BCUT2D eigenvalue weighted by atomic mass is 9.95. The van der Waals surface area contributed by atoms with Crippen LogP contribution in [0.4, 0.5) is 21.7 Å². The summed E-state index contributed by atoms with van der Waals surface area (Å²) in [5.41, 5.74) is 2.29. The second-order valence-corrected chi connectivity index (χ2v) is 9.77. The highest BCUT2D eigenvalue weighted by molar-refractivity contribution is 7.19. The van der Waals surface area contributed by atoms with Gasteiger partial charge in [0.2, 0.25) is 0 Å². The predicted octanol–water partition coefficient (Wildman–Crippen LogP) is 5.34. The van der Waals surface area contributed by atoms with Crippen molar-refractivity contribution in [2.24, 2.45) is 0 Å². The summed E-state index contributed by atoms with van der Waals surface area (Å²) < 4.78 is 16.1. The molecule has 2 aliphatic rings. The van der Waals surface area contributed by atoms with E-state index in [-0.39, 0.29) is 11.6 Å². The molecule has 1 aliphatic carbocycles. The molecule has 3 aromatic heterocycles. The van der Waals surface area contributed by atoms with Crippen LogP contribution in [0.25, 0.3) is 10.1 Å². The number of fused-ring (bicyclic) bond motifs is 1. The standard InChI is InChI=1S/C23H28FN5S/c1-14-11-25-7-8-29(14)17-9-19(24)23(27-12-17)28-21-10-18-20(13-26-21)30-15(2)22(18)16-5-3-4-6-16/h9-10,12-14,16,25H,3-8,11H2,1-2H3,(H,26,27,28). The van der Waals surface area contributed by atoms with Gasteiger partial charge in [0.05, 0.1) is 16.6 Å². The van der Waals surface area contributed by atoms with E-state index in [9.17, 15) is 4.39 Å². The third kappa shape index (κ3) is 3.65. The fourth-order valence-electron chi connectivity index (χ4n) is 4.96. The first-order valence-electron chi connectivity index (χ1n) is 10.9. The number of thiophene rings is 1. The number of anilines is 3. The zero-order chi connectivity index (χ0) is 20.7. The number of aromatic nitrogens is 2. The van der Waals surface area contributed by atoms with Crippen molar-refractivity contribution in [2.45, 2.75) is 51.5 Å². The molecule has 1 saturated heterocycles. The van der Waals surface area contributed by atoms with Crippen molar-refractivity contribution >= 4 is 38.7 Å². The summed E-state index contributed by atoms with van der Waals surface area (Å²) in [4.78, 5) is 12.5. The third-order valence-electron chi connectivity index (χ3n) is 6.47. The van der Waals surface area contributed by atoms with Crippen molar-refractivity contribution in [1.82, 2.24) is 15.3 Å². The van der Waals surface area contributed by atoms with Gasteiger partial charge in [0.15, 0.2) is 11.6 Å². The second kappa shape index (κ2) is 8.12. The van der Waals surface area contributed by atoms with Gasteiger partial charge >= 0.3 is 0 Å². The first-order valence-corrected chi connectivity index (χ1v) is 11.7. The molecule has 1 unspecified atom stereocenters. The van der Waals surface area contributed by atoms with E-state index in [1.165, 1.54) is 46.2 Å². The van der Waals surface area contributed by atoms with Gasteiger partial charge in [-0.2, -0.15) is 0 Å². The van der Waals surface area contributed by atoms with E-state index in [2.05, 4.69) is 45.4 Å². The van der Waals surface area contributed by atoms with Gasteiger partial charge in [0.1, 0.15) is 5.82 Å². The summed E-state index contributed by atoms with van der Waals surface area (Å²) in [6, 6.07) is 3.97. The molecule has 1 atom stereocenters. The summed E-state index contributed by atoms with van der Waals surface area (Å²) in [5.74, 6) is 1.17. The Bertz CT molecular complexity index is 1060. The quantitative estimate of drug-likeness (QED) is 0.591. The highest BCUT2D eigenvalue weighted by atomic mass is 32.1. The third-order valence-corrected chi connectivity index (χ3v) is 7.54. The Morgan fingerprint density at radius 2 is 2.03 bits per heavy atom. The zero-order valence-electron chi connectivity index (χ0n) is 17.5. The Hall–Kier alpha value is -2.25. The number of halogens is 1. The summed E-state index contributed by atoms with van der Waals surface area (Å²) >= 11 is 1.81. The van der Waals surface area contributed by atoms with Crippen LogP contribution < -0.4 is 15.5 Å². The summed E-state index contributed by atoms with van der Waals surface area (Å²) in [5, 5.41) is 7.73. The van der Waals surface area contributed by atoms with Crippen LogP contribution in [0.15, 0.2) is 24.5 Å². The molecule has 0 bridgehead atoms. The van der Waals surface area contributed by atoms with Gasteiger partial charge in [-0.25, -0.2) is 14.4 Å². The Kier molecular flexibility index (Phi) is 5.33. The topological polar surface area (TPSA) is 53.1 Å². The number of aryl methyl sites for hydroxylation is 1. The van der Waals surface area contributed by atoms with Crippen molar-refractivity contribution in [1.29, 1.82) is 0 Å². The van der Waals surface area contributed by atoms with E-state index in [1.54, 1.807) is 12.3 Å². The average Bonchev–Trinajstić information content (AvgIpc) is 3.36. The summed E-state index contributed by atoms with van der Waals surface area (Å²) in [6.45, 7) is 7.01. The van der Waals surface area contributed by atoms with Crippen LogP contribution in [0.1, 0.15) is 49.0 Å². The maximum Gasteiger partial charge on any atom is 0.167 e. The van der Waals surface area contributed by atoms with Gasteiger partial charge in [-0.3, -0.25) is 0 Å². The van der Waals surface area contributed by atoms with E-state index < -0.39 is 0 Å². The molecular weight excluding hydrogens is 397 g/mol. The molecule has 0 radical (unpaired) electrons. The van der Waals surface area contributed by atoms with Crippen molar-refractivity contribution in [3.05, 3.63) is 40.8 Å². The van der Waals surface area contributed by atoms with Crippen LogP contribution in [-0.2, 0) is 0 Å². The SMILES string of the molecule is Cc1sc2cnc(Nc3ncc(N4CCNCC4C)cc3F)cc2c1C1CCCC1. The predicted molar refractivity (Wildman–Crippen MR) is 123 cm³/mol. The lowest BCUT2D eigenvalue weighted by Crippen LogP contribution is -2.50. The second-order valence-electron chi connectivity index (χ2n) is 8.51. The van der Waals surface area contributed by atoms with Gasteiger partial charge in [0, 0.05) is 48.2 Å². The largest absolute Gasteiger partial charge is 0.365 e. The smallest absolute Gasteiger partial charge is 0.167 e. The van der Waals surface area contributed by atoms with Crippen LogP contribution in [0.3, 0.4) is 0 Å². The van der Waals surface area contributed by atoms with Gasteiger partial charge in [-0.1, -0.05) is 12.8 Å². The van der Waals surface area contributed by atoms with Crippen molar-refractivity contribution in [3.8, 4) is 0 Å². The van der Waals surface area contributed by atoms with E-state index in [0.717, 1.165) is 25.3 Å². The summed E-state index contributed by atoms with van der Waals surface area (Å²) in [6.07, 6.45) is 8.81. The number of hydrogen-bond acceptors (Lipinski definition) is 6. The highest BCUT2D eigenvalue weighted by Crippen LogP contribution is 2.43.